The van der Waals surface area contributed by atoms with E-state index in [1.54, 1.807) is 0 Å². The number of halogens is 8. The lowest BCUT2D eigenvalue weighted by molar-refractivity contribution is -0.253. The molecule has 0 aromatic heterocycles. The smallest absolute Gasteiger partial charge is 0.428 e. The Morgan fingerprint density at radius 1 is 1.00 bits per heavy atom. The van der Waals surface area contributed by atoms with Gasteiger partial charge in [-0.05, 0) is 17.7 Å². The number of aliphatic hydroxyl groups is 1. The Kier molecular flexibility index (Phi) is 6.92. The van der Waals surface area contributed by atoms with Crippen molar-refractivity contribution < 1.29 is 40.6 Å². The third-order valence-corrected chi connectivity index (χ3v) is 2.45. The monoisotopic (exact) mass is 357 g/mol. The molecule has 1 aromatic rings. The summed E-state index contributed by atoms with van der Waals surface area (Å²) in [5.41, 5.74) is 4.94. The van der Waals surface area contributed by atoms with Crippen molar-refractivity contribution in [1.29, 1.82) is 0 Å². The Morgan fingerprint density at radius 3 is 1.82 bits per heavy atom. The summed E-state index contributed by atoms with van der Waals surface area (Å²) < 4.78 is 89.4. The van der Waals surface area contributed by atoms with Gasteiger partial charge in [-0.15, -0.1) is 12.4 Å². The fourth-order valence-electron chi connectivity index (χ4n) is 1.35. The molecule has 11 heteroatoms. The van der Waals surface area contributed by atoms with Crippen LogP contribution in [0.15, 0.2) is 24.3 Å². The second-order valence-electron chi connectivity index (χ2n) is 4.05. The third-order valence-electron chi connectivity index (χ3n) is 2.45. The first-order valence-electron chi connectivity index (χ1n) is 5.40. The van der Waals surface area contributed by atoms with E-state index in [0.717, 1.165) is 24.3 Å². The first-order chi connectivity index (χ1) is 9.45. The van der Waals surface area contributed by atoms with Gasteiger partial charge in [0.2, 0.25) is 0 Å². The van der Waals surface area contributed by atoms with Crippen molar-refractivity contribution in [3.8, 4) is 5.75 Å². The predicted octanol–water partition coefficient (Wildman–Crippen LogP) is 3.27. The molecule has 128 valence electrons. The summed E-state index contributed by atoms with van der Waals surface area (Å²) in [7, 11) is 0. The maximum atomic E-state index is 12.6. The van der Waals surface area contributed by atoms with Crippen LogP contribution in [0, 0.1) is 0 Å². The van der Waals surface area contributed by atoms with Gasteiger partial charge in [-0.2, -0.15) is 30.7 Å². The van der Waals surface area contributed by atoms with E-state index in [1.807, 2.05) is 0 Å². The second kappa shape index (κ2) is 7.34. The molecule has 0 saturated carbocycles. The standard InChI is InChI=1S/C11H10F7NO2.ClH/c12-9(13)11(17,18)21-6-3-1-5(2-4-6)7(19)8(20)10(14,15)16;/h1-4,7-9,20H,19H2;1H/t7-,8-;/m1./s1. The lowest BCUT2D eigenvalue weighted by atomic mass is 10.0. The van der Waals surface area contributed by atoms with E-state index in [4.69, 9.17) is 10.8 Å². The molecular formula is C11H11ClF7NO2. The fourth-order valence-corrected chi connectivity index (χ4v) is 1.35. The zero-order valence-corrected chi connectivity index (χ0v) is 11.3. The minimum absolute atomic E-state index is 0. The lowest BCUT2D eigenvalue weighted by Crippen LogP contribution is -2.38. The zero-order chi connectivity index (χ0) is 16.4. The molecule has 1 rings (SSSR count). The molecule has 0 bridgehead atoms. The lowest BCUT2D eigenvalue weighted by Gasteiger charge is -2.22. The summed E-state index contributed by atoms with van der Waals surface area (Å²) in [6.45, 7) is 0. The van der Waals surface area contributed by atoms with Crippen molar-refractivity contribution >= 4 is 12.4 Å². The normalized spacial score (nSPS) is 15.2. The first kappa shape index (κ1) is 20.7. The van der Waals surface area contributed by atoms with Gasteiger partial charge < -0.3 is 15.6 Å². The highest BCUT2D eigenvalue weighted by atomic mass is 35.5. The van der Waals surface area contributed by atoms with E-state index in [9.17, 15) is 30.7 Å². The quantitative estimate of drug-likeness (QED) is 0.795. The molecule has 0 saturated heterocycles. The number of alkyl halides is 7. The Morgan fingerprint density at radius 2 is 1.45 bits per heavy atom. The summed E-state index contributed by atoms with van der Waals surface area (Å²) in [6, 6.07) is 1.35. The molecule has 0 aliphatic heterocycles. The number of aliphatic hydroxyl groups excluding tert-OH is 1. The minimum atomic E-state index is -4.96. The summed E-state index contributed by atoms with van der Waals surface area (Å²) in [6.07, 6.45) is -16.6. The van der Waals surface area contributed by atoms with Crippen LogP contribution in [0.4, 0.5) is 30.7 Å². The summed E-state index contributed by atoms with van der Waals surface area (Å²) >= 11 is 0. The predicted molar refractivity (Wildman–Crippen MR) is 64.3 cm³/mol. The van der Waals surface area contributed by atoms with Crippen LogP contribution in [0.2, 0.25) is 0 Å². The van der Waals surface area contributed by atoms with Crippen LogP contribution >= 0.6 is 12.4 Å². The van der Waals surface area contributed by atoms with E-state index in [-0.39, 0.29) is 18.0 Å². The molecule has 2 atom stereocenters. The van der Waals surface area contributed by atoms with E-state index < -0.39 is 36.6 Å². The molecule has 0 aliphatic carbocycles. The summed E-state index contributed by atoms with van der Waals surface area (Å²) in [5, 5.41) is 8.94. The van der Waals surface area contributed by atoms with Crippen LogP contribution in [-0.2, 0) is 0 Å². The Labute approximate surface area is 126 Å². The highest BCUT2D eigenvalue weighted by Gasteiger charge is 2.44. The highest BCUT2D eigenvalue weighted by molar-refractivity contribution is 5.85. The molecule has 22 heavy (non-hydrogen) atoms. The molecule has 0 aliphatic rings. The largest absolute Gasteiger partial charge is 0.461 e. The molecule has 0 radical (unpaired) electrons. The van der Waals surface area contributed by atoms with Gasteiger partial charge in [-0.3, -0.25) is 0 Å². The van der Waals surface area contributed by atoms with E-state index in [1.165, 1.54) is 0 Å². The third kappa shape index (κ3) is 5.18. The van der Waals surface area contributed by atoms with Gasteiger partial charge in [0.05, 0.1) is 6.04 Å². The van der Waals surface area contributed by atoms with Crippen molar-refractivity contribution in [3.05, 3.63) is 29.8 Å². The van der Waals surface area contributed by atoms with Gasteiger partial charge in [0, 0.05) is 0 Å². The van der Waals surface area contributed by atoms with Gasteiger partial charge in [0.15, 0.2) is 6.10 Å². The Balaban J connectivity index is 0.00000441. The summed E-state index contributed by atoms with van der Waals surface area (Å²) in [5.74, 6) is -0.683. The van der Waals surface area contributed by atoms with Gasteiger partial charge in [-0.25, -0.2) is 0 Å². The first-order valence-corrected chi connectivity index (χ1v) is 5.40. The summed E-state index contributed by atoms with van der Waals surface area (Å²) in [4.78, 5) is 0. The number of hydrogen-bond acceptors (Lipinski definition) is 3. The zero-order valence-electron chi connectivity index (χ0n) is 10.5. The van der Waals surface area contributed by atoms with Crippen molar-refractivity contribution in [2.75, 3.05) is 0 Å². The molecule has 0 unspecified atom stereocenters. The Hall–Kier alpha value is -1.26. The molecule has 3 nitrogen and oxygen atoms in total. The van der Waals surface area contributed by atoms with Gasteiger partial charge >= 0.3 is 18.7 Å². The van der Waals surface area contributed by atoms with Crippen LogP contribution < -0.4 is 10.5 Å². The molecule has 0 amide bonds. The Bertz CT molecular complexity index is 467. The maximum Gasteiger partial charge on any atom is 0.461 e. The number of nitrogens with two attached hydrogens (primary N) is 1. The second-order valence-corrected chi connectivity index (χ2v) is 4.05. The van der Waals surface area contributed by atoms with Crippen molar-refractivity contribution in [2.24, 2.45) is 5.73 Å². The van der Waals surface area contributed by atoms with Crippen LogP contribution in [0.25, 0.3) is 0 Å². The van der Waals surface area contributed by atoms with E-state index in [0.29, 0.717) is 0 Å². The average molecular weight is 358 g/mol. The fraction of sp³-hybridized carbons (Fsp3) is 0.455. The number of hydrogen-bond donors (Lipinski definition) is 2. The molecule has 0 fully saturated rings. The van der Waals surface area contributed by atoms with Crippen molar-refractivity contribution in [2.45, 2.75) is 30.9 Å². The number of benzene rings is 1. The van der Waals surface area contributed by atoms with Gasteiger partial charge in [0.25, 0.3) is 0 Å². The minimum Gasteiger partial charge on any atom is -0.428 e. The van der Waals surface area contributed by atoms with Gasteiger partial charge in [-0.1, -0.05) is 12.1 Å². The SMILES string of the molecule is Cl.N[C@H](c1ccc(OC(F)(F)C(F)F)cc1)[C@@H](O)C(F)(F)F. The van der Waals surface area contributed by atoms with Crippen molar-refractivity contribution in [3.63, 3.8) is 0 Å². The van der Waals surface area contributed by atoms with Crippen LogP contribution in [0.3, 0.4) is 0 Å². The van der Waals surface area contributed by atoms with Crippen LogP contribution in [0.5, 0.6) is 5.75 Å². The molecule has 3 N–H and O–H groups in total. The molecule has 0 heterocycles. The van der Waals surface area contributed by atoms with Crippen LogP contribution in [-0.4, -0.2) is 29.9 Å². The van der Waals surface area contributed by atoms with Gasteiger partial charge in [0.1, 0.15) is 5.75 Å². The number of ether oxygens (including phenoxy) is 1. The van der Waals surface area contributed by atoms with E-state index >= 15 is 0 Å². The number of rotatable bonds is 5. The topological polar surface area (TPSA) is 55.5 Å². The van der Waals surface area contributed by atoms with E-state index in [2.05, 4.69) is 4.74 Å². The van der Waals surface area contributed by atoms with Crippen molar-refractivity contribution in [1.82, 2.24) is 0 Å². The molecule has 1 aromatic carbocycles. The van der Waals surface area contributed by atoms with Crippen LogP contribution in [0.1, 0.15) is 11.6 Å². The maximum absolute atomic E-state index is 12.6. The highest BCUT2D eigenvalue weighted by Crippen LogP contribution is 2.31. The average Bonchev–Trinajstić information content (AvgIpc) is 2.36. The molecular weight excluding hydrogens is 347 g/mol. The molecule has 0 spiro atoms.